The normalized spacial score (nSPS) is 10.8. The standard InChI is InChI=1S/C28H21ClN2O2/c1-3-17-33-27-16-9-20(2)18-25(27)26(32)15-12-22-19-31(24-7-5-4-6-8-24)30-28(22)21-10-13-23(29)14-11-21/h1,4-16,18-19H,17H2,2H3/b15-12+. The molecule has 0 bridgehead atoms. The fourth-order valence-electron chi connectivity index (χ4n) is 3.39. The summed E-state index contributed by atoms with van der Waals surface area (Å²) < 4.78 is 7.35. The van der Waals surface area contributed by atoms with Crippen molar-refractivity contribution in [1.82, 2.24) is 9.78 Å². The van der Waals surface area contributed by atoms with E-state index in [1.54, 1.807) is 22.9 Å². The number of aromatic nitrogens is 2. The molecule has 33 heavy (non-hydrogen) atoms. The Morgan fingerprint density at radius 2 is 1.88 bits per heavy atom. The molecule has 4 aromatic rings. The highest BCUT2D eigenvalue weighted by Gasteiger charge is 2.14. The van der Waals surface area contributed by atoms with E-state index in [0.717, 1.165) is 28.1 Å². The predicted octanol–water partition coefficient (Wildman–Crippen LogP) is 6.41. The number of ether oxygens (including phenoxy) is 1. The number of ketones is 1. The highest BCUT2D eigenvalue weighted by atomic mass is 35.5. The van der Waals surface area contributed by atoms with Crippen LogP contribution in [-0.4, -0.2) is 22.2 Å². The van der Waals surface area contributed by atoms with Crippen molar-refractivity contribution in [2.45, 2.75) is 6.92 Å². The third-order valence-electron chi connectivity index (χ3n) is 5.01. The van der Waals surface area contributed by atoms with Gasteiger partial charge in [-0.1, -0.05) is 59.5 Å². The van der Waals surface area contributed by atoms with Crippen LogP contribution < -0.4 is 4.74 Å². The molecule has 3 aromatic carbocycles. The van der Waals surface area contributed by atoms with Gasteiger partial charge in [0.25, 0.3) is 0 Å². The minimum atomic E-state index is -0.180. The number of hydrogen-bond acceptors (Lipinski definition) is 3. The first-order valence-electron chi connectivity index (χ1n) is 10.4. The number of halogens is 1. The van der Waals surface area contributed by atoms with E-state index in [9.17, 15) is 4.79 Å². The van der Waals surface area contributed by atoms with Crippen LogP contribution in [0.4, 0.5) is 0 Å². The summed E-state index contributed by atoms with van der Waals surface area (Å²) in [6, 6.07) is 22.7. The molecule has 0 aliphatic rings. The summed E-state index contributed by atoms with van der Waals surface area (Å²) >= 11 is 6.07. The van der Waals surface area contributed by atoms with Crippen molar-refractivity contribution in [3.63, 3.8) is 0 Å². The molecule has 5 heteroatoms. The van der Waals surface area contributed by atoms with Crippen molar-refractivity contribution in [2.75, 3.05) is 6.61 Å². The van der Waals surface area contributed by atoms with Gasteiger partial charge in [-0.15, -0.1) is 6.42 Å². The number of aryl methyl sites for hydroxylation is 1. The van der Waals surface area contributed by atoms with Gasteiger partial charge in [0.05, 0.1) is 16.9 Å². The molecule has 0 saturated carbocycles. The highest BCUT2D eigenvalue weighted by Crippen LogP contribution is 2.27. The molecule has 0 saturated heterocycles. The maximum absolute atomic E-state index is 13.1. The molecule has 0 radical (unpaired) electrons. The summed E-state index contributed by atoms with van der Waals surface area (Å²) in [4.78, 5) is 13.1. The Morgan fingerprint density at radius 3 is 2.61 bits per heavy atom. The van der Waals surface area contributed by atoms with Crippen molar-refractivity contribution < 1.29 is 9.53 Å². The number of nitrogens with zero attached hydrogens (tertiary/aromatic N) is 2. The van der Waals surface area contributed by atoms with Gasteiger partial charge in [-0.05, 0) is 55.5 Å². The van der Waals surface area contributed by atoms with E-state index in [-0.39, 0.29) is 12.4 Å². The minimum Gasteiger partial charge on any atom is -0.480 e. The van der Waals surface area contributed by atoms with Crippen molar-refractivity contribution in [3.05, 3.63) is 107 Å². The quantitative estimate of drug-likeness (QED) is 0.185. The molecule has 1 aromatic heterocycles. The van der Waals surface area contributed by atoms with Crippen LogP contribution in [0.15, 0.2) is 85.1 Å². The summed E-state index contributed by atoms with van der Waals surface area (Å²) in [6.07, 6.45) is 10.5. The molecule has 4 nitrogen and oxygen atoms in total. The van der Waals surface area contributed by atoms with E-state index in [1.807, 2.05) is 73.8 Å². The molecule has 0 spiro atoms. The lowest BCUT2D eigenvalue weighted by Gasteiger charge is -2.08. The number of carbonyl (C=O) groups is 1. The summed E-state index contributed by atoms with van der Waals surface area (Å²) in [6.45, 7) is 2.02. The third kappa shape index (κ3) is 5.23. The van der Waals surface area contributed by atoms with Gasteiger partial charge in [-0.3, -0.25) is 4.79 Å². The maximum atomic E-state index is 13.1. The Balaban J connectivity index is 1.72. The number of carbonyl (C=O) groups excluding carboxylic acids is 1. The number of rotatable bonds is 7. The van der Waals surface area contributed by atoms with Crippen LogP contribution in [-0.2, 0) is 0 Å². The lowest BCUT2D eigenvalue weighted by molar-refractivity contribution is 0.104. The Morgan fingerprint density at radius 1 is 1.12 bits per heavy atom. The summed E-state index contributed by atoms with van der Waals surface area (Å²) in [5.74, 6) is 2.71. The van der Waals surface area contributed by atoms with Gasteiger partial charge in [-0.2, -0.15) is 5.10 Å². The van der Waals surface area contributed by atoms with Gasteiger partial charge in [0.15, 0.2) is 5.78 Å². The second-order valence-corrected chi connectivity index (χ2v) is 7.85. The molecular weight excluding hydrogens is 432 g/mol. The Bertz CT molecular complexity index is 1350. The fraction of sp³-hybridized carbons (Fsp3) is 0.0714. The lowest BCUT2D eigenvalue weighted by Crippen LogP contribution is -2.02. The second-order valence-electron chi connectivity index (χ2n) is 7.41. The van der Waals surface area contributed by atoms with Crippen molar-refractivity contribution >= 4 is 23.5 Å². The Kier molecular flexibility index (Phi) is 6.73. The lowest BCUT2D eigenvalue weighted by atomic mass is 10.0. The van der Waals surface area contributed by atoms with Crippen molar-refractivity contribution in [3.8, 4) is 35.0 Å². The zero-order valence-electron chi connectivity index (χ0n) is 18.0. The number of para-hydroxylation sites is 1. The van der Waals surface area contributed by atoms with Crippen molar-refractivity contribution in [2.24, 2.45) is 0 Å². The molecular formula is C28H21ClN2O2. The van der Waals surface area contributed by atoms with Crippen LogP contribution in [0.5, 0.6) is 5.75 Å². The van der Waals surface area contributed by atoms with Gasteiger partial charge < -0.3 is 4.74 Å². The molecule has 0 fully saturated rings. The van der Waals surface area contributed by atoms with E-state index in [0.29, 0.717) is 16.3 Å². The third-order valence-corrected chi connectivity index (χ3v) is 5.26. The molecule has 0 aliphatic heterocycles. The van der Waals surface area contributed by atoms with E-state index in [1.165, 1.54) is 6.08 Å². The molecule has 162 valence electrons. The van der Waals surface area contributed by atoms with Gasteiger partial charge in [0.2, 0.25) is 0 Å². The van der Waals surface area contributed by atoms with Gasteiger partial charge in [-0.25, -0.2) is 4.68 Å². The van der Waals surface area contributed by atoms with E-state index >= 15 is 0 Å². The van der Waals surface area contributed by atoms with Crippen molar-refractivity contribution in [1.29, 1.82) is 0 Å². The highest BCUT2D eigenvalue weighted by molar-refractivity contribution is 6.30. The number of benzene rings is 3. The molecule has 4 rings (SSSR count). The number of terminal acetylenes is 1. The Labute approximate surface area is 198 Å². The summed E-state index contributed by atoms with van der Waals surface area (Å²) in [7, 11) is 0. The summed E-state index contributed by atoms with van der Waals surface area (Å²) in [5.41, 5.74) is 4.78. The molecule has 0 amide bonds. The maximum Gasteiger partial charge on any atom is 0.189 e. The van der Waals surface area contributed by atoms with Crippen LogP contribution in [0.3, 0.4) is 0 Å². The smallest absolute Gasteiger partial charge is 0.189 e. The van der Waals surface area contributed by atoms with Crippen LogP contribution >= 0.6 is 11.6 Å². The van der Waals surface area contributed by atoms with Gasteiger partial charge in [0, 0.05) is 22.3 Å². The van der Waals surface area contributed by atoms with Gasteiger partial charge >= 0.3 is 0 Å². The van der Waals surface area contributed by atoms with Crippen LogP contribution in [0.1, 0.15) is 21.5 Å². The first-order chi connectivity index (χ1) is 16.0. The first kappa shape index (κ1) is 22.1. The first-order valence-corrected chi connectivity index (χ1v) is 10.7. The summed E-state index contributed by atoms with van der Waals surface area (Å²) in [5, 5.41) is 5.41. The minimum absolute atomic E-state index is 0.0949. The van der Waals surface area contributed by atoms with Crippen LogP contribution in [0, 0.1) is 19.3 Å². The van der Waals surface area contributed by atoms with E-state index in [2.05, 4.69) is 5.92 Å². The molecule has 0 unspecified atom stereocenters. The number of hydrogen-bond donors (Lipinski definition) is 0. The molecule has 0 atom stereocenters. The zero-order valence-corrected chi connectivity index (χ0v) is 18.8. The Hall–Kier alpha value is -4.07. The fourth-order valence-corrected chi connectivity index (χ4v) is 3.52. The predicted molar refractivity (Wildman–Crippen MR) is 133 cm³/mol. The average molecular weight is 453 g/mol. The van der Waals surface area contributed by atoms with Crippen LogP contribution in [0.25, 0.3) is 23.0 Å². The van der Waals surface area contributed by atoms with E-state index < -0.39 is 0 Å². The monoisotopic (exact) mass is 452 g/mol. The van der Waals surface area contributed by atoms with Crippen LogP contribution in [0.2, 0.25) is 5.02 Å². The molecule has 0 aliphatic carbocycles. The zero-order chi connectivity index (χ0) is 23.2. The van der Waals surface area contributed by atoms with Gasteiger partial charge in [0.1, 0.15) is 12.4 Å². The largest absolute Gasteiger partial charge is 0.480 e. The SMILES string of the molecule is C#CCOc1ccc(C)cc1C(=O)/C=C/c1cn(-c2ccccc2)nc1-c1ccc(Cl)cc1. The van der Waals surface area contributed by atoms with E-state index in [4.69, 9.17) is 27.9 Å². The topological polar surface area (TPSA) is 44.1 Å². The molecule has 0 N–H and O–H groups in total. The second kappa shape index (κ2) is 10.0. The average Bonchev–Trinajstić information content (AvgIpc) is 3.27. The number of allylic oxidation sites excluding steroid dienone is 1. The molecule has 1 heterocycles.